The minimum atomic E-state index is 0.953. The Hall–Kier alpha value is -6.34. The summed E-state index contributed by atoms with van der Waals surface area (Å²) in [5.41, 5.74) is 8.63. The monoisotopic (exact) mass is 1090 g/mol. The summed E-state index contributed by atoms with van der Waals surface area (Å²) in [6.45, 7) is 9.09. The van der Waals surface area contributed by atoms with Crippen molar-refractivity contribution in [1.29, 1.82) is 0 Å². The summed E-state index contributed by atoms with van der Waals surface area (Å²) < 4.78 is 0. The van der Waals surface area contributed by atoms with E-state index >= 15 is 0 Å². The molecule has 0 bridgehead atoms. The van der Waals surface area contributed by atoms with Crippen molar-refractivity contribution >= 4 is 66.9 Å². The van der Waals surface area contributed by atoms with Gasteiger partial charge in [-0.2, -0.15) is 0 Å². The third kappa shape index (κ3) is 15.9. The number of benzene rings is 5. The summed E-state index contributed by atoms with van der Waals surface area (Å²) in [4.78, 5) is 10.3. The highest BCUT2D eigenvalue weighted by Crippen LogP contribution is 2.37. The van der Waals surface area contributed by atoms with Crippen LogP contribution in [0.15, 0.2) is 133 Å². The summed E-state index contributed by atoms with van der Waals surface area (Å²) in [6.07, 6.45) is 24.9. The average Bonchev–Trinajstić information content (AvgIpc) is 4.39. The molecule has 0 N–H and O–H groups in total. The average molecular weight is 1090 g/mol. The molecule has 9 aromatic rings. The molecule has 5 aromatic carbocycles. The standard InChI is InChI=1S/C74H74S4/c1-5-9-13-17-21-55-25-29-57(30-26-55)35-45-65-67-47-37-60(34-40-64-44-52-74(78-64)72-50-42-62(76-72)24-20-16-12-8-4)54-70(67)66(46-36-58-31-27-56(28-32-58)22-18-14-10-6-2)68-48-38-59(53-69(65)68)33-39-63-43-51-73(77-63)71-49-41-61(75-71)23-19-15-11-7-3/h25-32,37-38,41-44,47-54H,5-24H2,1-4H3. The molecular weight excluding hydrogens is 1020 g/mol. The molecule has 0 saturated carbocycles. The predicted molar refractivity (Wildman–Crippen MR) is 345 cm³/mol. The summed E-state index contributed by atoms with van der Waals surface area (Å²) in [5.74, 6) is 29.0. The Kier molecular flexibility index (Phi) is 21.4. The molecule has 9 rings (SSSR count). The van der Waals surface area contributed by atoms with E-state index < -0.39 is 0 Å². The molecule has 4 heterocycles. The molecule has 0 fully saturated rings. The fourth-order valence-electron chi connectivity index (χ4n) is 10.0. The number of rotatable bonds is 22. The van der Waals surface area contributed by atoms with Gasteiger partial charge in [0.25, 0.3) is 0 Å². The molecule has 0 aliphatic heterocycles. The van der Waals surface area contributed by atoms with E-state index in [1.165, 1.54) is 156 Å². The van der Waals surface area contributed by atoms with Crippen LogP contribution in [0.5, 0.6) is 0 Å². The Balaban J connectivity index is 1.10. The SMILES string of the molecule is CCCCCCc1ccc(C#Cc2c3ccc(C#Cc4ccc(-c5ccc(CCCCCC)s5)s4)cc3c(C#Cc3ccc(CCCCCC)cc3)c3ccc(C#Cc4ccc(-c5ccc(CCCCCC)s5)s4)cc23)cc1. The molecule has 0 amide bonds. The second-order valence-corrected chi connectivity index (χ2v) is 25.3. The van der Waals surface area contributed by atoms with Gasteiger partial charge in [-0.05, 0) is 170 Å². The predicted octanol–water partition coefficient (Wildman–Crippen LogP) is 21.7. The molecule has 394 valence electrons. The van der Waals surface area contributed by atoms with Gasteiger partial charge < -0.3 is 0 Å². The molecule has 0 unspecified atom stereocenters. The van der Waals surface area contributed by atoms with Crippen LogP contribution in [-0.4, -0.2) is 0 Å². The second-order valence-electron chi connectivity index (χ2n) is 20.8. The molecule has 4 aromatic heterocycles. The van der Waals surface area contributed by atoms with Gasteiger partial charge in [0, 0.05) is 73.4 Å². The zero-order chi connectivity index (χ0) is 53.7. The molecule has 4 heteroatoms. The molecule has 0 radical (unpaired) electrons. The molecule has 0 aliphatic carbocycles. The first-order valence-corrected chi connectivity index (χ1v) is 32.4. The summed E-state index contributed by atoms with van der Waals surface area (Å²) in [6, 6.07) is 49.1. The molecule has 0 aliphatic rings. The molecular formula is C74H74S4. The van der Waals surface area contributed by atoms with Gasteiger partial charge in [0.1, 0.15) is 0 Å². The first kappa shape index (κ1) is 56.4. The first-order valence-electron chi connectivity index (χ1n) is 29.1. The van der Waals surface area contributed by atoms with Crippen molar-refractivity contribution in [2.45, 2.75) is 156 Å². The van der Waals surface area contributed by atoms with Crippen molar-refractivity contribution in [3.8, 4) is 66.9 Å². The molecule has 0 spiro atoms. The Labute approximate surface area is 483 Å². The van der Waals surface area contributed by atoms with Crippen LogP contribution in [0.3, 0.4) is 0 Å². The van der Waals surface area contributed by atoms with E-state index in [9.17, 15) is 0 Å². The minimum Gasteiger partial charge on any atom is -0.139 e. The van der Waals surface area contributed by atoms with E-state index in [2.05, 4.69) is 209 Å². The fraction of sp³-hybridized carbons (Fsp3) is 0.324. The lowest BCUT2D eigenvalue weighted by molar-refractivity contribution is 0.667. The summed E-state index contributed by atoms with van der Waals surface area (Å²) >= 11 is 7.42. The van der Waals surface area contributed by atoms with Crippen molar-refractivity contribution < 1.29 is 0 Å². The lowest BCUT2D eigenvalue weighted by atomic mass is 9.90. The Bertz CT molecular complexity index is 3400. The van der Waals surface area contributed by atoms with E-state index in [-0.39, 0.29) is 0 Å². The van der Waals surface area contributed by atoms with Gasteiger partial charge in [-0.1, -0.05) is 189 Å². The van der Waals surface area contributed by atoms with Crippen molar-refractivity contribution in [3.63, 3.8) is 0 Å². The Morgan fingerprint density at radius 3 is 1.01 bits per heavy atom. The molecule has 0 nitrogen and oxygen atoms in total. The minimum absolute atomic E-state index is 0.953. The van der Waals surface area contributed by atoms with E-state index in [0.717, 1.165) is 77.5 Å². The molecule has 78 heavy (non-hydrogen) atoms. The van der Waals surface area contributed by atoms with Gasteiger partial charge in [0.05, 0.1) is 9.75 Å². The van der Waals surface area contributed by atoms with Gasteiger partial charge in [-0.15, -0.1) is 45.3 Å². The van der Waals surface area contributed by atoms with Crippen LogP contribution >= 0.6 is 45.3 Å². The summed E-state index contributed by atoms with van der Waals surface area (Å²) in [5, 5.41) is 4.24. The fourth-order valence-corrected chi connectivity index (χ4v) is 14.0. The largest absolute Gasteiger partial charge is 0.139 e. The van der Waals surface area contributed by atoms with Crippen molar-refractivity contribution in [1.82, 2.24) is 0 Å². The van der Waals surface area contributed by atoms with Crippen LogP contribution in [0.4, 0.5) is 0 Å². The number of hydrogen-bond donors (Lipinski definition) is 0. The van der Waals surface area contributed by atoms with Gasteiger partial charge >= 0.3 is 0 Å². The number of unbranched alkanes of at least 4 members (excludes halogenated alkanes) is 12. The highest BCUT2D eigenvalue weighted by atomic mass is 32.1. The quantitative estimate of drug-likeness (QED) is 0.0360. The summed E-state index contributed by atoms with van der Waals surface area (Å²) in [7, 11) is 0. The molecule has 0 atom stereocenters. The van der Waals surface area contributed by atoms with Crippen LogP contribution in [0.1, 0.15) is 194 Å². The van der Waals surface area contributed by atoms with Crippen LogP contribution in [0.25, 0.3) is 41.1 Å². The maximum absolute atomic E-state index is 3.74. The van der Waals surface area contributed by atoms with Crippen LogP contribution in [0.2, 0.25) is 0 Å². The second kappa shape index (κ2) is 29.6. The van der Waals surface area contributed by atoms with E-state index in [1.807, 2.05) is 22.7 Å². The van der Waals surface area contributed by atoms with Crippen molar-refractivity contribution in [3.05, 3.63) is 197 Å². The third-order valence-corrected chi connectivity index (χ3v) is 19.2. The zero-order valence-corrected chi connectivity index (χ0v) is 49.7. The van der Waals surface area contributed by atoms with Crippen LogP contribution < -0.4 is 0 Å². The lowest BCUT2D eigenvalue weighted by Crippen LogP contribution is -1.93. The number of fused-ring (bicyclic) bond motifs is 2. The lowest BCUT2D eigenvalue weighted by Gasteiger charge is -2.12. The van der Waals surface area contributed by atoms with Crippen molar-refractivity contribution in [2.24, 2.45) is 0 Å². The zero-order valence-electron chi connectivity index (χ0n) is 46.5. The van der Waals surface area contributed by atoms with E-state index in [4.69, 9.17) is 0 Å². The first-order chi connectivity index (χ1) is 38.5. The maximum Gasteiger partial charge on any atom is 0.0779 e. The number of thiophene rings is 4. The highest BCUT2D eigenvalue weighted by Gasteiger charge is 2.15. The topological polar surface area (TPSA) is 0 Å². The smallest absolute Gasteiger partial charge is 0.0779 e. The van der Waals surface area contributed by atoms with E-state index in [1.54, 1.807) is 22.7 Å². The normalized spacial score (nSPS) is 10.9. The Morgan fingerprint density at radius 1 is 0.269 bits per heavy atom. The van der Waals surface area contributed by atoms with E-state index in [0.29, 0.717) is 0 Å². The van der Waals surface area contributed by atoms with Gasteiger partial charge in [0.2, 0.25) is 0 Å². The van der Waals surface area contributed by atoms with Gasteiger partial charge in [-0.3, -0.25) is 0 Å². The van der Waals surface area contributed by atoms with Crippen LogP contribution in [0, 0.1) is 47.4 Å². The van der Waals surface area contributed by atoms with Crippen molar-refractivity contribution in [2.75, 3.05) is 0 Å². The van der Waals surface area contributed by atoms with Gasteiger partial charge in [-0.25, -0.2) is 0 Å². The van der Waals surface area contributed by atoms with Gasteiger partial charge in [0.15, 0.2) is 0 Å². The third-order valence-electron chi connectivity index (χ3n) is 14.6. The number of hydrogen-bond acceptors (Lipinski definition) is 4. The highest BCUT2D eigenvalue weighted by molar-refractivity contribution is 7.23. The van der Waals surface area contributed by atoms with Crippen LogP contribution in [-0.2, 0) is 25.7 Å². The number of aryl methyl sites for hydroxylation is 4. The maximum atomic E-state index is 3.74. The molecule has 0 saturated heterocycles. The Morgan fingerprint density at radius 2 is 0.615 bits per heavy atom.